The average Bonchev–Trinajstić information content (AvgIpc) is 2.42. The number of hydrogen-bond acceptors (Lipinski definition) is 3. The van der Waals surface area contributed by atoms with Gasteiger partial charge in [-0.2, -0.15) is 5.26 Å². The van der Waals surface area contributed by atoms with Gasteiger partial charge in [-0.25, -0.2) is 0 Å². The summed E-state index contributed by atoms with van der Waals surface area (Å²) in [7, 11) is 1.92. The van der Waals surface area contributed by atoms with Gasteiger partial charge in [0.2, 0.25) is 0 Å². The molecule has 0 aliphatic carbocycles. The van der Waals surface area contributed by atoms with Crippen molar-refractivity contribution in [2.45, 2.75) is 13.5 Å². The van der Waals surface area contributed by atoms with Gasteiger partial charge < -0.3 is 10.1 Å². The molecule has 3 nitrogen and oxygen atoms in total. The molecule has 0 radical (unpaired) electrons. The lowest BCUT2D eigenvalue weighted by atomic mass is 10.1. The van der Waals surface area contributed by atoms with Crippen LogP contribution in [0.3, 0.4) is 0 Å². The van der Waals surface area contributed by atoms with E-state index in [2.05, 4.69) is 11.4 Å². The summed E-state index contributed by atoms with van der Waals surface area (Å²) in [5.74, 6) is 1.54. The van der Waals surface area contributed by atoms with Crippen molar-refractivity contribution in [1.29, 1.82) is 5.26 Å². The molecule has 0 spiro atoms. The first-order valence-corrected chi connectivity index (χ1v) is 6.15. The lowest BCUT2D eigenvalue weighted by Gasteiger charge is -2.08. The minimum absolute atomic E-state index is 0.678. The van der Waals surface area contributed by atoms with E-state index in [-0.39, 0.29) is 0 Å². The van der Waals surface area contributed by atoms with E-state index >= 15 is 0 Å². The fraction of sp³-hybridized carbons (Fsp3) is 0.188. The predicted molar refractivity (Wildman–Crippen MR) is 75.2 cm³/mol. The highest BCUT2D eigenvalue weighted by atomic mass is 16.5. The SMILES string of the molecule is CNCc1ccc(Oc2ccc(C#N)c(C)c2)cc1. The lowest BCUT2D eigenvalue weighted by Crippen LogP contribution is -2.04. The number of hydrogen-bond donors (Lipinski definition) is 1. The molecule has 0 aromatic heterocycles. The first-order valence-electron chi connectivity index (χ1n) is 6.15. The third kappa shape index (κ3) is 3.34. The highest BCUT2D eigenvalue weighted by Crippen LogP contribution is 2.23. The largest absolute Gasteiger partial charge is 0.457 e. The summed E-state index contributed by atoms with van der Waals surface area (Å²) in [6.45, 7) is 2.75. The molecule has 0 heterocycles. The number of nitrogens with zero attached hydrogens (tertiary/aromatic N) is 1. The number of ether oxygens (including phenoxy) is 1. The molecule has 3 heteroatoms. The second-order valence-corrected chi connectivity index (χ2v) is 4.36. The van der Waals surface area contributed by atoms with E-state index in [1.165, 1.54) is 5.56 Å². The quantitative estimate of drug-likeness (QED) is 0.907. The summed E-state index contributed by atoms with van der Waals surface area (Å²) in [6, 6.07) is 15.6. The average molecular weight is 252 g/mol. The minimum atomic E-state index is 0.678. The van der Waals surface area contributed by atoms with Crippen LogP contribution in [0.1, 0.15) is 16.7 Å². The smallest absolute Gasteiger partial charge is 0.127 e. The van der Waals surface area contributed by atoms with Crippen LogP contribution < -0.4 is 10.1 Å². The van der Waals surface area contributed by atoms with Gasteiger partial charge in [-0.05, 0) is 55.4 Å². The molecule has 2 rings (SSSR count). The second-order valence-electron chi connectivity index (χ2n) is 4.36. The molecule has 2 aromatic rings. The molecule has 0 saturated carbocycles. The maximum absolute atomic E-state index is 8.88. The molecule has 0 atom stereocenters. The summed E-state index contributed by atoms with van der Waals surface area (Å²) >= 11 is 0. The van der Waals surface area contributed by atoms with Gasteiger partial charge in [0.1, 0.15) is 11.5 Å². The van der Waals surface area contributed by atoms with Gasteiger partial charge in [-0.1, -0.05) is 12.1 Å². The van der Waals surface area contributed by atoms with Crippen molar-refractivity contribution >= 4 is 0 Å². The van der Waals surface area contributed by atoms with Crippen LogP contribution in [0.15, 0.2) is 42.5 Å². The van der Waals surface area contributed by atoms with E-state index in [1.54, 1.807) is 6.07 Å². The summed E-state index contributed by atoms with van der Waals surface area (Å²) in [4.78, 5) is 0. The molecule has 0 amide bonds. The Hall–Kier alpha value is -2.31. The van der Waals surface area contributed by atoms with Crippen LogP contribution in [0.4, 0.5) is 0 Å². The summed E-state index contributed by atoms with van der Waals surface area (Å²) < 4.78 is 5.76. The Balaban J connectivity index is 2.13. The first-order chi connectivity index (χ1) is 9.22. The van der Waals surface area contributed by atoms with Crippen LogP contribution in [0.5, 0.6) is 11.5 Å². The second kappa shape index (κ2) is 6.03. The number of aryl methyl sites for hydroxylation is 1. The summed E-state index contributed by atoms with van der Waals surface area (Å²) in [5.41, 5.74) is 2.81. The molecule has 0 fully saturated rings. The molecule has 1 N–H and O–H groups in total. The number of nitriles is 1. The van der Waals surface area contributed by atoms with E-state index in [0.717, 1.165) is 23.6 Å². The zero-order valence-corrected chi connectivity index (χ0v) is 11.1. The normalized spacial score (nSPS) is 9.95. The molecular formula is C16H16N2O. The van der Waals surface area contributed by atoms with Crippen molar-refractivity contribution in [2.24, 2.45) is 0 Å². The summed E-state index contributed by atoms with van der Waals surface area (Å²) in [6.07, 6.45) is 0. The van der Waals surface area contributed by atoms with Gasteiger partial charge >= 0.3 is 0 Å². The van der Waals surface area contributed by atoms with Gasteiger partial charge in [0.25, 0.3) is 0 Å². The van der Waals surface area contributed by atoms with Gasteiger partial charge in [0.05, 0.1) is 11.6 Å². The van der Waals surface area contributed by atoms with Gasteiger partial charge in [0.15, 0.2) is 0 Å². The molecule has 0 aliphatic heterocycles. The molecular weight excluding hydrogens is 236 g/mol. The van der Waals surface area contributed by atoms with E-state index in [1.807, 2.05) is 50.4 Å². The number of benzene rings is 2. The van der Waals surface area contributed by atoms with Crippen molar-refractivity contribution in [2.75, 3.05) is 7.05 Å². The lowest BCUT2D eigenvalue weighted by molar-refractivity contribution is 0.482. The van der Waals surface area contributed by atoms with Gasteiger partial charge in [-0.15, -0.1) is 0 Å². The zero-order valence-electron chi connectivity index (χ0n) is 11.1. The van der Waals surface area contributed by atoms with Crippen molar-refractivity contribution in [1.82, 2.24) is 5.32 Å². The van der Waals surface area contributed by atoms with Gasteiger partial charge in [0, 0.05) is 6.54 Å². The Bertz CT molecular complexity index is 597. The van der Waals surface area contributed by atoms with E-state index in [0.29, 0.717) is 5.56 Å². The molecule has 0 unspecified atom stereocenters. The number of nitrogens with one attached hydrogen (secondary N) is 1. The number of rotatable bonds is 4. The fourth-order valence-corrected chi connectivity index (χ4v) is 1.84. The van der Waals surface area contributed by atoms with Crippen LogP contribution in [0.2, 0.25) is 0 Å². The van der Waals surface area contributed by atoms with Crippen LogP contribution >= 0.6 is 0 Å². The van der Waals surface area contributed by atoms with E-state index in [9.17, 15) is 0 Å². The zero-order chi connectivity index (χ0) is 13.7. The van der Waals surface area contributed by atoms with Crippen LogP contribution in [-0.2, 0) is 6.54 Å². The summed E-state index contributed by atoms with van der Waals surface area (Å²) in [5, 5.41) is 12.0. The Labute approximate surface area is 113 Å². The van der Waals surface area contributed by atoms with Crippen LogP contribution in [-0.4, -0.2) is 7.05 Å². The Kier molecular flexibility index (Phi) is 4.17. The Morgan fingerprint density at radius 3 is 2.37 bits per heavy atom. The van der Waals surface area contributed by atoms with Crippen molar-refractivity contribution in [3.05, 3.63) is 59.2 Å². The topological polar surface area (TPSA) is 45.0 Å². The van der Waals surface area contributed by atoms with Crippen molar-refractivity contribution < 1.29 is 4.74 Å². The Morgan fingerprint density at radius 2 is 1.79 bits per heavy atom. The fourth-order valence-electron chi connectivity index (χ4n) is 1.84. The predicted octanol–water partition coefficient (Wildman–Crippen LogP) is 3.38. The monoisotopic (exact) mass is 252 g/mol. The maximum Gasteiger partial charge on any atom is 0.127 e. The third-order valence-corrected chi connectivity index (χ3v) is 2.86. The molecule has 96 valence electrons. The molecule has 19 heavy (non-hydrogen) atoms. The molecule has 0 aliphatic rings. The standard InChI is InChI=1S/C16H16N2O/c1-12-9-16(8-5-14(12)10-17)19-15-6-3-13(4-7-15)11-18-2/h3-9,18H,11H2,1-2H3. The van der Waals surface area contributed by atoms with E-state index in [4.69, 9.17) is 10.00 Å². The van der Waals surface area contributed by atoms with Crippen molar-refractivity contribution in [3.8, 4) is 17.6 Å². The van der Waals surface area contributed by atoms with Crippen LogP contribution in [0, 0.1) is 18.3 Å². The maximum atomic E-state index is 8.88. The minimum Gasteiger partial charge on any atom is -0.457 e. The molecule has 0 saturated heterocycles. The van der Waals surface area contributed by atoms with Crippen molar-refractivity contribution in [3.63, 3.8) is 0 Å². The van der Waals surface area contributed by atoms with E-state index < -0.39 is 0 Å². The Morgan fingerprint density at radius 1 is 1.11 bits per heavy atom. The first kappa shape index (κ1) is 13.1. The highest BCUT2D eigenvalue weighted by Gasteiger charge is 2.01. The molecule has 2 aromatic carbocycles. The molecule has 0 bridgehead atoms. The third-order valence-electron chi connectivity index (χ3n) is 2.86. The van der Waals surface area contributed by atoms with Gasteiger partial charge in [-0.3, -0.25) is 0 Å². The highest BCUT2D eigenvalue weighted by molar-refractivity contribution is 5.43. The van der Waals surface area contributed by atoms with Crippen LogP contribution in [0.25, 0.3) is 0 Å².